The zero-order valence-corrected chi connectivity index (χ0v) is 14.5. The van der Waals surface area contributed by atoms with Crippen LogP contribution < -0.4 is 0 Å². The first kappa shape index (κ1) is 16.3. The number of aryl methyl sites for hydroxylation is 1. The Balaban J connectivity index is 1.36. The van der Waals surface area contributed by atoms with Crippen LogP contribution in [-0.4, -0.2) is 74.3 Å². The van der Waals surface area contributed by atoms with Crippen molar-refractivity contribution in [2.45, 2.75) is 31.9 Å². The molecule has 2 fully saturated rings. The number of nitrogens with zero attached hydrogens (tertiary/aromatic N) is 4. The topological polar surface area (TPSA) is 90.1 Å². The van der Waals surface area contributed by atoms with Crippen LogP contribution in [0, 0.1) is 6.92 Å². The van der Waals surface area contributed by atoms with Crippen LogP contribution in [0.4, 0.5) is 0 Å². The Labute approximate surface area is 146 Å². The van der Waals surface area contributed by atoms with Gasteiger partial charge in [0.05, 0.1) is 30.5 Å². The van der Waals surface area contributed by atoms with Crippen molar-refractivity contribution in [3.63, 3.8) is 0 Å². The SMILES string of the molecule is Cc1ncc(CN2CCC3(CC2)CN(C(=O)c2cn[nH]c2)CCO3)[nH]1. The summed E-state index contributed by atoms with van der Waals surface area (Å²) in [4.78, 5) is 24.5. The number of carbonyl (C=O) groups excluding carboxylic acids is 1. The fraction of sp³-hybridized carbons (Fsp3) is 0.588. The number of hydrogen-bond acceptors (Lipinski definition) is 5. The number of H-pyrrole nitrogens is 2. The number of likely N-dealkylation sites (tertiary alicyclic amines) is 1. The van der Waals surface area contributed by atoms with Crippen LogP contribution in [0.2, 0.25) is 0 Å². The highest BCUT2D eigenvalue weighted by atomic mass is 16.5. The lowest BCUT2D eigenvalue weighted by molar-refractivity contribution is -0.128. The van der Waals surface area contributed by atoms with Gasteiger partial charge < -0.3 is 14.6 Å². The average molecular weight is 344 g/mol. The standard InChI is InChI=1S/C17H24N6O2/c1-13-18-10-15(21-13)11-22-4-2-17(3-5-22)12-23(6-7-25-17)16(24)14-8-19-20-9-14/h8-10H,2-7,11-12H2,1H3,(H,18,21)(H,19,20). The molecular weight excluding hydrogens is 320 g/mol. The van der Waals surface area contributed by atoms with Crippen molar-refractivity contribution < 1.29 is 9.53 Å². The Kier molecular flexibility index (Phi) is 4.30. The summed E-state index contributed by atoms with van der Waals surface area (Å²) in [6.07, 6.45) is 7.02. The van der Waals surface area contributed by atoms with Crippen molar-refractivity contribution >= 4 is 5.91 Å². The smallest absolute Gasteiger partial charge is 0.257 e. The number of amides is 1. The Morgan fingerprint density at radius 2 is 2.16 bits per heavy atom. The molecule has 0 aromatic carbocycles. The Morgan fingerprint density at radius 1 is 1.32 bits per heavy atom. The summed E-state index contributed by atoms with van der Waals surface area (Å²) in [5.74, 6) is 0.985. The molecule has 134 valence electrons. The van der Waals surface area contributed by atoms with Gasteiger partial charge in [0, 0.05) is 44.3 Å². The molecule has 2 aliphatic heterocycles. The van der Waals surface area contributed by atoms with Crippen LogP contribution in [0.15, 0.2) is 18.6 Å². The normalized spacial score (nSPS) is 20.9. The van der Waals surface area contributed by atoms with Crippen molar-refractivity contribution in [2.75, 3.05) is 32.8 Å². The minimum absolute atomic E-state index is 0.0341. The third-order valence-corrected chi connectivity index (χ3v) is 5.20. The molecule has 0 atom stereocenters. The Bertz CT molecular complexity index is 717. The predicted molar refractivity (Wildman–Crippen MR) is 91.0 cm³/mol. The summed E-state index contributed by atoms with van der Waals surface area (Å²) < 4.78 is 6.14. The number of imidazole rings is 1. The molecule has 8 nitrogen and oxygen atoms in total. The van der Waals surface area contributed by atoms with Crippen LogP contribution >= 0.6 is 0 Å². The number of nitrogens with one attached hydrogen (secondary N) is 2. The number of rotatable bonds is 3. The summed E-state index contributed by atoms with van der Waals surface area (Å²) in [5.41, 5.74) is 1.55. The highest BCUT2D eigenvalue weighted by Crippen LogP contribution is 2.31. The quantitative estimate of drug-likeness (QED) is 0.865. The number of aromatic nitrogens is 4. The van der Waals surface area contributed by atoms with Gasteiger partial charge in [-0.25, -0.2) is 4.98 Å². The molecule has 8 heteroatoms. The molecule has 4 heterocycles. The van der Waals surface area contributed by atoms with E-state index in [1.54, 1.807) is 12.4 Å². The lowest BCUT2D eigenvalue weighted by atomic mass is 9.89. The van der Waals surface area contributed by atoms with Gasteiger partial charge in [0.25, 0.3) is 5.91 Å². The molecule has 1 amide bonds. The Hall–Kier alpha value is -2.19. The summed E-state index contributed by atoms with van der Waals surface area (Å²) in [6, 6.07) is 0. The fourth-order valence-corrected chi connectivity index (χ4v) is 3.78. The number of morpholine rings is 1. The van der Waals surface area contributed by atoms with Gasteiger partial charge in [0.1, 0.15) is 5.82 Å². The van der Waals surface area contributed by atoms with E-state index in [2.05, 4.69) is 25.1 Å². The molecule has 2 N–H and O–H groups in total. The van der Waals surface area contributed by atoms with Crippen LogP contribution in [-0.2, 0) is 11.3 Å². The number of ether oxygens (including phenoxy) is 1. The average Bonchev–Trinajstić information content (AvgIpc) is 3.29. The first-order valence-electron chi connectivity index (χ1n) is 8.78. The third kappa shape index (κ3) is 3.45. The van der Waals surface area contributed by atoms with E-state index in [0.29, 0.717) is 25.3 Å². The lowest BCUT2D eigenvalue weighted by Crippen LogP contribution is -2.57. The number of hydrogen-bond donors (Lipinski definition) is 2. The van der Waals surface area contributed by atoms with E-state index in [9.17, 15) is 4.79 Å². The molecule has 25 heavy (non-hydrogen) atoms. The maximum atomic E-state index is 12.6. The van der Waals surface area contributed by atoms with Gasteiger partial charge in [-0.15, -0.1) is 0 Å². The van der Waals surface area contributed by atoms with Crippen molar-refractivity contribution in [1.29, 1.82) is 0 Å². The lowest BCUT2D eigenvalue weighted by Gasteiger charge is -2.47. The van der Waals surface area contributed by atoms with Crippen LogP contribution in [0.1, 0.15) is 34.7 Å². The van der Waals surface area contributed by atoms with E-state index >= 15 is 0 Å². The van der Waals surface area contributed by atoms with E-state index in [4.69, 9.17) is 4.74 Å². The first-order chi connectivity index (χ1) is 12.1. The van der Waals surface area contributed by atoms with Crippen molar-refractivity contribution in [1.82, 2.24) is 30.0 Å². The summed E-state index contributed by atoms with van der Waals surface area (Å²) in [6.45, 7) is 6.68. The highest BCUT2D eigenvalue weighted by Gasteiger charge is 2.41. The van der Waals surface area contributed by atoms with Gasteiger partial charge in [-0.05, 0) is 19.8 Å². The monoisotopic (exact) mass is 344 g/mol. The molecule has 2 saturated heterocycles. The number of piperidine rings is 1. The van der Waals surface area contributed by atoms with E-state index in [-0.39, 0.29) is 11.5 Å². The third-order valence-electron chi connectivity index (χ3n) is 5.20. The van der Waals surface area contributed by atoms with Gasteiger partial charge in [-0.1, -0.05) is 0 Å². The second kappa shape index (κ2) is 6.61. The van der Waals surface area contributed by atoms with E-state index < -0.39 is 0 Å². The number of carbonyl (C=O) groups is 1. The maximum Gasteiger partial charge on any atom is 0.257 e. The zero-order chi connectivity index (χ0) is 17.3. The van der Waals surface area contributed by atoms with Gasteiger partial charge >= 0.3 is 0 Å². The molecule has 0 aliphatic carbocycles. The molecule has 4 rings (SSSR count). The largest absolute Gasteiger partial charge is 0.371 e. The maximum absolute atomic E-state index is 12.6. The second-order valence-corrected chi connectivity index (χ2v) is 7.02. The van der Waals surface area contributed by atoms with Crippen LogP contribution in [0.5, 0.6) is 0 Å². The van der Waals surface area contributed by atoms with E-state index in [0.717, 1.165) is 44.0 Å². The summed E-state index contributed by atoms with van der Waals surface area (Å²) >= 11 is 0. The van der Waals surface area contributed by atoms with Crippen molar-refractivity contribution in [2.24, 2.45) is 0 Å². The molecule has 2 aromatic rings. The first-order valence-corrected chi connectivity index (χ1v) is 8.78. The van der Waals surface area contributed by atoms with Gasteiger partial charge in [-0.3, -0.25) is 14.8 Å². The van der Waals surface area contributed by atoms with Gasteiger partial charge in [-0.2, -0.15) is 5.10 Å². The molecule has 2 aromatic heterocycles. The minimum atomic E-state index is -0.210. The molecule has 1 spiro atoms. The van der Waals surface area contributed by atoms with E-state index in [1.165, 1.54) is 0 Å². The van der Waals surface area contributed by atoms with Crippen molar-refractivity contribution in [3.8, 4) is 0 Å². The van der Waals surface area contributed by atoms with Gasteiger partial charge in [0.2, 0.25) is 0 Å². The van der Waals surface area contributed by atoms with Crippen LogP contribution in [0.25, 0.3) is 0 Å². The summed E-state index contributed by atoms with van der Waals surface area (Å²) in [7, 11) is 0. The van der Waals surface area contributed by atoms with Gasteiger partial charge in [0.15, 0.2) is 0 Å². The predicted octanol–water partition coefficient (Wildman–Crippen LogP) is 0.948. The molecule has 0 bridgehead atoms. The molecule has 0 unspecified atom stereocenters. The fourth-order valence-electron chi connectivity index (χ4n) is 3.78. The second-order valence-electron chi connectivity index (χ2n) is 7.02. The Morgan fingerprint density at radius 3 is 2.84 bits per heavy atom. The molecule has 0 radical (unpaired) electrons. The highest BCUT2D eigenvalue weighted by molar-refractivity contribution is 5.93. The number of aromatic amines is 2. The molecular formula is C17H24N6O2. The zero-order valence-electron chi connectivity index (χ0n) is 14.5. The summed E-state index contributed by atoms with van der Waals surface area (Å²) in [5, 5.41) is 6.58. The van der Waals surface area contributed by atoms with Crippen molar-refractivity contribution in [3.05, 3.63) is 35.7 Å². The van der Waals surface area contributed by atoms with E-state index in [1.807, 2.05) is 18.0 Å². The van der Waals surface area contributed by atoms with Crippen LogP contribution in [0.3, 0.4) is 0 Å². The molecule has 2 aliphatic rings. The minimum Gasteiger partial charge on any atom is -0.371 e. The molecule has 0 saturated carbocycles.